The van der Waals surface area contributed by atoms with Gasteiger partial charge in [-0.15, -0.1) is 0 Å². The highest BCUT2D eigenvalue weighted by atomic mass is 16.1. The fourth-order valence-corrected chi connectivity index (χ4v) is 2.10. The number of anilines is 1. The van der Waals surface area contributed by atoms with Crippen LogP contribution in [0.2, 0.25) is 0 Å². The highest BCUT2D eigenvalue weighted by Gasteiger charge is 2.05. The first-order valence-corrected chi connectivity index (χ1v) is 7.02. The van der Waals surface area contributed by atoms with Crippen molar-refractivity contribution in [1.29, 1.82) is 0 Å². The molecule has 0 radical (unpaired) electrons. The van der Waals surface area contributed by atoms with Crippen LogP contribution >= 0.6 is 0 Å². The molecule has 0 aliphatic carbocycles. The van der Waals surface area contributed by atoms with E-state index in [9.17, 15) is 4.79 Å². The smallest absolute Gasteiger partial charge is 0.229 e. The standard InChI is InChI=1S/C17H16N4O/c1-13-3-8-16(18-12-13)20-17(22)11-14-4-6-15(7-5-14)21-10-2-9-19-21/h2-10,12H,11H2,1H3,(H,18,20,22). The molecule has 110 valence electrons. The lowest BCUT2D eigenvalue weighted by atomic mass is 10.1. The Balaban J connectivity index is 1.63. The van der Waals surface area contributed by atoms with Crippen LogP contribution in [0.3, 0.4) is 0 Å². The number of amides is 1. The molecule has 0 fully saturated rings. The Morgan fingerprint density at radius 2 is 2.00 bits per heavy atom. The van der Waals surface area contributed by atoms with E-state index < -0.39 is 0 Å². The number of nitrogens with zero attached hydrogens (tertiary/aromatic N) is 3. The van der Waals surface area contributed by atoms with Crippen LogP contribution in [-0.4, -0.2) is 20.7 Å². The topological polar surface area (TPSA) is 59.8 Å². The summed E-state index contributed by atoms with van der Waals surface area (Å²) in [7, 11) is 0. The molecule has 0 unspecified atom stereocenters. The van der Waals surface area contributed by atoms with Gasteiger partial charge in [-0.25, -0.2) is 9.67 Å². The minimum absolute atomic E-state index is 0.0804. The van der Waals surface area contributed by atoms with Gasteiger partial charge in [-0.2, -0.15) is 5.10 Å². The highest BCUT2D eigenvalue weighted by molar-refractivity contribution is 5.91. The van der Waals surface area contributed by atoms with Crippen molar-refractivity contribution in [3.63, 3.8) is 0 Å². The van der Waals surface area contributed by atoms with Gasteiger partial charge in [0.15, 0.2) is 0 Å². The third-order valence-corrected chi connectivity index (χ3v) is 3.25. The van der Waals surface area contributed by atoms with E-state index in [0.29, 0.717) is 12.2 Å². The molecule has 1 amide bonds. The van der Waals surface area contributed by atoms with Gasteiger partial charge in [-0.05, 0) is 42.3 Å². The average molecular weight is 292 g/mol. The van der Waals surface area contributed by atoms with Crippen LogP contribution in [0.5, 0.6) is 0 Å². The quantitative estimate of drug-likeness (QED) is 0.804. The minimum atomic E-state index is -0.0804. The summed E-state index contributed by atoms with van der Waals surface area (Å²) in [4.78, 5) is 16.2. The minimum Gasteiger partial charge on any atom is -0.310 e. The zero-order valence-electron chi connectivity index (χ0n) is 12.2. The van der Waals surface area contributed by atoms with Gasteiger partial charge in [0.2, 0.25) is 5.91 Å². The summed E-state index contributed by atoms with van der Waals surface area (Å²) >= 11 is 0. The van der Waals surface area contributed by atoms with Crippen molar-refractivity contribution in [3.05, 3.63) is 72.2 Å². The first kappa shape index (κ1) is 14.0. The molecule has 5 nitrogen and oxygen atoms in total. The van der Waals surface area contributed by atoms with Crippen LogP contribution in [0.15, 0.2) is 61.1 Å². The molecule has 0 bridgehead atoms. The molecule has 0 saturated heterocycles. The largest absolute Gasteiger partial charge is 0.310 e. The molecule has 0 aliphatic rings. The first-order valence-electron chi connectivity index (χ1n) is 7.02. The Hall–Kier alpha value is -2.95. The van der Waals surface area contributed by atoms with Gasteiger partial charge in [0.1, 0.15) is 5.82 Å². The lowest BCUT2D eigenvalue weighted by molar-refractivity contribution is -0.115. The third-order valence-electron chi connectivity index (χ3n) is 3.25. The van der Waals surface area contributed by atoms with Crippen LogP contribution in [0.1, 0.15) is 11.1 Å². The number of carbonyl (C=O) groups excluding carboxylic acids is 1. The second kappa shape index (κ2) is 6.22. The summed E-state index contributed by atoms with van der Waals surface area (Å²) in [6, 6.07) is 13.3. The molecular formula is C17H16N4O. The maximum atomic E-state index is 12.0. The molecule has 0 saturated carbocycles. The maximum Gasteiger partial charge on any atom is 0.229 e. The second-order valence-corrected chi connectivity index (χ2v) is 5.06. The van der Waals surface area contributed by atoms with Gasteiger partial charge in [0, 0.05) is 18.6 Å². The summed E-state index contributed by atoms with van der Waals surface area (Å²) in [6.45, 7) is 1.96. The summed E-state index contributed by atoms with van der Waals surface area (Å²) in [5.41, 5.74) is 2.97. The third kappa shape index (κ3) is 3.38. The normalized spacial score (nSPS) is 10.4. The predicted molar refractivity (Wildman–Crippen MR) is 84.9 cm³/mol. The summed E-state index contributed by atoms with van der Waals surface area (Å²) < 4.78 is 1.78. The Morgan fingerprint density at radius 3 is 2.64 bits per heavy atom. The van der Waals surface area contributed by atoms with Crippen LogP contribution in [-0.2, 0) is 11.2 Å². The number of rotatable bonds is 4. The molecule has 2 heterocycles. The lowest BCUT2D eigenvalue weighted by Gasteiger charge is -2.06. The Bertz CT molecular complexity index is 746. The van der Waals surface area contributed by atoms with E-state index in [2.05, 4.69) is 15.4 Å². The maximum absolute atomic E-state index is 12.0. The number of hydrogen-bond donors (Lipinski definition) is 1. The summed E-state index contributed by atoms with van der Waals surface area (Å²) in [6.07, 6.45) is 5.66. The number of carbonyl (C=O) groups is 1. The average Bonchev–Trinajstić information content (AvgIpc) is 3.05. The molecule has 0 atom stereocenters. The van der Waals surface area contributed by atoms with Gasteiger partial charge in [-0.3, -0.25) is 4.79 Å². The fraction of sp³-hybridized carbons (Fsp3) is 0.118. The van der Waals surface area contributed by atoms with Gasteiger partial charge in [0.05, 0.1) is 12.1 Å². The van der Waals surface area contributed by atoms with E-state index in [4.69, 9.17) is 0 Å². The number of benzene rings is 1. The van der Waals surface area contributed by atoms with Crippen molar-refractivity contribution in [2.24, 2.45) is 0 Å². The number of nitrogens with one attached hydrogen (secondary N) is 1. The van der Waals surface area contributed by atoms with Crippen LogP contribution in [0, 0.1) is 6.92 Å². The molecule has 0 aliphatic heterocycles. The van der Waals surface area contributed by atoms with E-state index in [0.717, 1.165) is 16.8 Å². The summed E-state index contributed by atoms with van der Waals surface area (Å²) in [5.74, 6) is 0.493. The van der Waals surface area contributed by atoms with Crippen molar-refractivity contribution in [3.8, 4) is 5.69 Å². The van der Waals surface area contributed by atoms with Crippen LogP contribution < -0.4 is 5.32 Å². The van der Waals surface area contributed by atoms with E-state index in [1.807, 2.05) is 49.5 Å². The number of aryl methyl sites for hydroxylation is 1. The SMILES string of the molecule is Cc1ccc(NC(=O)Cc2ccc(-n3cccn3)cc2)nc1. The highest BCUT2D eigenvalue weighted by Crippen LogP contribution is 2.10. The molecule has 3 rings (SSSR count). The van der Waals surface area contributed by atoms with Crippen LogP contribution in [0.4, 0.5) is 5.82 Å². The molecule has 2 aromatic heterocycles. The van der Waals surface area contributed by atoms with E-state index in [-0.39, 0.29) is 5.91 Å². The molecule has 0 spiro atoms. The number of aromatic nitrogens is 3. The van der Waals surface area contributed by atoms with Gasteiger partial charge in [0.25, 0.3) is 0 Å². The molecule has 22 heavy (non-hydrogen) atoms. The van der Waals surface area contributed by atoms with E-state index in [1.54, 1.807) is 23.1 Å². The van der Waals surface area contributed by atoms with Gasteiger partial charge < -0.3 is 5.32 Å². The Kier molecular flexibility index (Phi) is 3.96. The van der Waals surface area contributed by atoms with Crippen molar-refractivity contribution in [2.75, 3.05) is 5.32 Å². The molecule has 5 heteroatoms. The molecular weight excluding hydrogens is 276 g/mol. The summed E-state index contributed by atoms with van der Waals surface area (Å²) in [5, 5.41) is 6.96. The predicted octanol–water partition coefficient (Wildman–Crippen LogP) is 2.76. The molecule has 1 N–H and O–H groups in total. The monoisotopic (exact) mass is 292 g/mol. The van der Waals surface area contributed by atoms with Gasteiger partial charge >= 0.3 is 0 Å². The molecule has 3 aromatic rings. The van der Waals surface area contributed by atoms with Crippen molar-refractivity contribution in [2.45, 2.75) is 13.3 Å². The fourth-order valence-electron chi connectivity index (χ4n) is 2.10. The second-order valence-electron chi connectivity index (χ2n) is 5.06. The van der Waals surface area contributed by atoms with Crippen molar-refractivity contribution in [1.82, 2.24) is 14.8 Å². The zero-order valence-corrected chi connectivity index (χ0v) is 12.2. The number of hydrogen-bond acceptors (Lipinski definition) is 3. The van der Waals surface area contributed by atoms with E-state index in [1.165, 1.54) is 0 Å². The number of pyridine rings is 1. The van der Waals surface area contributed by atoms with Crippen LogP contribution in [0.25, 0.3) is 5.69 Å². The van der Waals surface area contributed by atoms with Crippen molar-refractivity contribution < 1.29 is 4.79 Å². The van der Waals surface area contributed by atoms with Gasteiger partial charge in [-0.1, -0.05) is 18.2 Å². The molecule has 1 aromatic carbocycles. The Morgan fingerprint density at radius 1 is 1.18 bits per heavy atom. The van der Waals surface area contributed by atoms with Crippen molar-refractivity contribution >= 4 is 11.7 Å². The lowest BCUT2D eigenvalue weighted by Crippen LogP contribution is -2.15. The first-order chi connectivity index (χ1) is 10.7. The zero-order chi connectivity index (χ0) is 15.4. The van der Waals surface area contributed by atoms with E-state index >= 15 is 0 Å². The Labute approximate surface area is 128 Å².